The summed E-state index contributed by atoms with van der Waals surface area (Å²) in [5.74, 6) is 0.0608. The van der Waals surface area contributed by atoms with Gasteiger partial charge in [0, 0.05) is 20.9 Å². The van der Waals surface area contributed by atoms with E-state index in [0.29, 0.717) is 22.2 Å². The van der Waals surface area contributed by atoms with Crippen molar-refractivity contribution in [3.63, 3.8) is 0 Å². The molecule has 3 aromatic rings. The van der Waals surface area contributed by atoms with E-state index >= 15 is 0 Å². The molecule has 186 valence electrons. The third-order valence-electron chi connectivity index (χ3n) is 5.42. The lowest BCUT2D eigenvalue weighted by molar-refractivity contribution is -0.124. The Morgan fingerprint density at radius 3 is 2.23 bits per heavy atom. The predicted octanol–water partition coefficient (Wildman–Crippen LogP) is 7.15. The molecule has 1 aliphatic rings. The Hall–Kier alpha value is -1.87. The highest BCUT2D eigenvalue weighted by Gasteiger charge is 2.51. The number of nitrogens with zero attached hydrogens (tertiary/aromatic N) is 3. The average molecular weight is 603 g/mol. The first kappa shape index (κ1) is 26.2. The SMILES string of the molecule is CCOP(=O)(OCC)Oc1cnc2n1[C@](C)(Cc1ccc(Br)cc1)C(=O)N2c1cc(Cl)cc(Cl)c1. The van der Waals surface area contributed by atoms with Crippen molar-refractivity contribution in [3.8, 4) is 5.88 Å². The molecule has 35 heavy (non-hydrogen) atoms. The Balaban J connectivity index is 1.85. The molecule has 0 saturated carbocycles. The first-order chi connectivity index (χ1) is 16.6. The fraction of sp³-hybridized carbons (Fsp3) is 0.304. The number of hydrogen-bond acceptors (Lipinski definition) is 6. The van der Waals surface area contributed by atoms with E-state index in [1.165, 1.54) is 11.1 Å². The normalized spacial score (nSPS) is 17.7. The molecule has 2 heterocycles. The largest absolute Gasteiger partial charge is 0.531 e. The van der Waals surface area contributed by atoms with E-state index in [1.54, 1.807) is 43.5 Å². The van der Waals surface area contributed by atoms with Gasteiger partial charge in [-0.3, -0.25) is 18.4 Å². The van der Waals surface area contributed by atoms with E-state index < -0.39 is 13.4 Å². The first-order valence-corrected chi connectivity index (χ1v) is 13.8. The molecule has 0 fully saturated rings. The van der Waals surface area contributed by atoms with Crippen molar-refractivity contribution in [1.82, 2.24) is 9.55 Å². The van der Waals surface area contributed by atoms with Crippen LogP contribution in [0, 0.1) is 0 Å². The highest BCUT2D eigenvalue weighted by Crippen LogP contribution is 2.53. The van der Waals surface area contributed by atoms with E-state index in [9.17, 15) is 9.36 Å². The number of benzene rings is 2. The average Bonchev–Trinajstić information content (AvgIpc) is 3.27. The molecule has 0 radical (unpaired) electrons. The van der Waals surface area contributed by atoms with E-state index in [2.05, 4.69) is 20.9 Å². The van der Waals surface area contributed by atoms with Gasteiger partial charge in [0.1, 0.15) is 5.54 Å². The van der Waals surface area contributed by atoms with Crippen LogP contribution < -0.4 is 9.42 Å². The summed E-state index contributed by atoms with van der Waals surface area (Å²) in [6, 6.07) is 12.5. The topological polar surface area (TPSA) is 82.9 Å². The molecule has 1 atom stereocenters. The number of phosphoric acid groups is 1. The van der Waals surface area contributed by atoms with Gasteiger partial charge in [-0.05, 0) is 56.7 Å². The molecule has 0 spiro atoms. The van der Waals surface area contributed by atoms with Gasteiger partial charge in [-0.2, -0.15) is 0 Å². The second-order valence-corrected chi connectivity index (χ2v) is 11.3. The highest BCUT2D eigenvalue weighted by atomic mass is 79.9. The summed E-state index contributed by atoms with van der Waals surface area (Å²) in [7, 11) is -3.95. The third-order valence-corrected chi connectivity index (χ3v) is 7.94. The van der Waals surface area contributed by atoms with Gasteiger partial charge in [0.25, 0.3) is 5.91 Å². The summed E-state index contributed by atoms with van der Waals surface area (Å²) < 4.78 is 32.1. The molecule has 2 aromatic carbocycles. The molecule has 1 amide bonds. The van der Waals surface area contributed by atoms with Crippen LogP contribution in [0.4, 0.5) is 11.6 Å². The number of phosphoric ester groups is 1. The second kappa shape index (κ2) is 10.2. The van der Waals surface area contributed by atoms with Crippen molar-refractivity contribution in [2.45, 2.75) is 32.7 Å². The lowest BCUT2D eigenvalue weighted by atomic mass is 9.92. The summed E-state index contributed by atoms with van der Waals surface area (Å²) in [6.45, 7) is 5.36. The fourth-order valence-electron chi connectivity index (χ4n) is 4.02. The zero-order valence-corrected chi connectivity index (χ0v) is 23.2. The maximum atomic E-state index is 14.0. The van der Waals surface area contributed by atoms with Crippen LogP contribution >= 0.6 is 47.0 Å². The number of anilines is 2. The van der Waals surface area contributed by atoms with E-state index in [-0.39, 0.29) is 30.9 Å². The lowest BCUT2D eigenvalue weighted by Crippen LogP contribution is -2.41. The first-order valence-electron chi connectivity index (χ1n) is 10.8. The van der Waals surface area contributed by atoms with Crippen molar-refractivity contribution >= 4 is 64.5 Å². The molecule has 1 aromatic heterocycles. The van der Waals surface area contributed by atoms with Gasteiger partial charge in [-0.15, -0.1) is 0 Å². The molecule has 0 saturated heterocycles. The maximum Gasteiger partial charge on any atom is 0.531 e. The van der Waals surface area contributed by atoms with Crippen LogP contribution in [0.15, 0.2) is 53.1 Å². The van der Waals surface area contributed by atoms with Crippen LogP contribution in [0.1, 0.15) is 26.3 Å². The van der Waals surface area contributed by atoms with Gasteiger partial charge in [0.05, 0.1) is 25.1 Å². The summed E-state index contributed by atoms with van der Waals surface area (Å²) in [6.07, 6.45) is 1.70. The molecule has 4 rings (SSSR count). The molecule has 0 N–H and O–H groups in total. The molecule has 0 unspecified atom stereocenters. The Kier molecular flexibility index (Phi) is 7.67. The van der Waals surface area contributed by atoms with Gasteiger partial charge in [-0.1, -0.05) is 51.3 Å². The number of carbonyl (C=O) groups excluding carboxylic acids is 1. The maximum absolute atomic E-state index is 14.0. The number of amides is 1. The highest BCUT2D eigenvalue weighted by molar-refractivity contribution is 9.10. The second-order valence-electron chi connectivity index (χ2n) is 7.95. The lowest BCUT2D eigenvalue weighted by Gasteiger charge is -2.27. The van der Waals surface area contributed by atoms with Crippen molar-refractivity contribution in [1.29, 1.82) is 0 Å². The van der Waals surface area contributed by atoms with Crippen LogP contribution in [0.2, 0.25) is 10.0 Å². The van der Waals surface area contributed by atoms with Gasteiger partial charge < -0.3 is 4.52 Å². The van der Waals surface area contributed by atoms with Crippen molar-refractivity contribution in [2.24, 2.45) is 0 Å². The van der Waals surface area contributed by atoms with Crippen molar-refractivity contribution in [3.05, 3.63) is 68.7 Å². The van der Waals surface area contributed by atoms with Crippen LogP contribution in [0.5, 0.6) is 5.88 Å². The molecule has 0 bridgehead atoms. The minimum absolute atomic E-state index is 0.0776. The Labute approximate surface area is 221 Å². The van der Waals surface area contributed by atoms with Gasteiger partial charge in [0.15, 0.2) is 0 Å². The van der Waals surface area contributed by atoms with Crippen LogP contribution in [0.25, 0.3) is 0 Å². The zero-order valence-electron chi connectivity index (χ0n) is 19.2. The van der Waals surface area contributed by atoms with E-state index in [4.69, 9.17) is 36.8 Å². The molecule has 8 nitrogen and oxygen atoms in total. The summed E-state index contributed by atoms with van der Waals surface area (Å²) in [4.78, 5) is 19.9. The minimum Gasteiger partial charge on any atom is -0.386 e. The number of rotatable bonds is 9. The van der Waals surface area contributed by atoms with E-state index in [1.807, 2.05) is 24.3 Å². The van der Waals surface area contributed by atoms with E-state index in [0.717, 1.165) is 10.0 Å². The third kappa shape index (κ3) is 5.17. The Bertz CT molecular complexity index is 1270. The number of imidazole rings is 1. The molecular weight excluding hydrogens is 580 g/mol. The smallest absolute Gasteiger partial charge is 0.386 e. The van der Waals surface area contributed by atoms with Crippen LogP contribution in [-0.2, 0) is 30.4 Å². The Morgan fingerprint density at radius 2 is 1.66 bits per heavy atom. The molecule has 0 aliphatic carbocycles. The number of fused-ring (bicyclic) bond motifs is 1. The quantitative estimate of drug-likeness (QED) is 0.242. The van der Waals surface area contributed by atoms with Crippen molar-refractivity contribution in [2.75, 3.05) is 18.1 Å². The van der Waals surface area contributed by atoms with Gasteiger partial charge in [-0.25, -0.2) is 14.4 Å². The molecule has 1 aliphatic heterocycles. The number of hydrogen-bond donors (Lipinski definition) is 0. The summed E-state index contributed by atoms with van der Waals surface area (Å²) in [5, 5.41) is 0.738. The molecular formula is C23H23BrCl2N3O5P. The summed E-state index contributed by atoms with van der Waals surface area (Å²) >= 11 is 15.9. The monoisotopic (exact) mass is 601 g/mol. The number of carbonyl (C=O) groups is 1. The Morgan fingerprint density at radius 1 is 1.06 bits per heavy atom. The van der Waals surface area contributed by atoms with Crippen LogP contribution in [-0.4, -0.2) is 28.7 Å². The van der Waals surface area contributed by atoms with Gasteiger partial charge >= 0.3 is 7.82 Å². The zero-order chi connectivity index (χ0) is 25.4. The van der Waals surface area contributed by atoms with Gasteiger partial charge in [0.2, 0.25) is 11.8 Å². The van der Waals surface area contributed by atoms with Crippen molar-refractivity contribution < 1.29 is 22.9 Å². The number of aromatic nitrogens is 2. The standard InChI is InChI=1S/C23H23BrCl2N3O5P/c1-4-32-35(31,33-5-2)34-20-14-27-22-28(19-11-17(25)10-18(26)12-19)21(30)23(3,29(20)22)13-15-6-8-16(24)9-7-15/h6-12,14H,4-5,13H2,1-3H3/t23-/m1/s1. The van der Waals surface area contributed by atoms with Crippen LogP contribution in [0.3, 0.4) is 0 Å². The predicted molar refractivity (Wildman–Crippen MR) is 139 cm³/mol. The molecule has 12 heteroatoms. The minimum atomic E-state index is -3.95. The fourth-order valence-corrected chi connectivity index (χ4v) is 5.97. The number of halogens is 3. The summed E-state index contributed by atoms with van der Waals surface area (Å²) in [5.41, 5.74) is 0.161.